The zero-order valence-electron chi connectivity index (χ0n) is 9.04. The van der Waals surface area contributed by atoms with E-state index in [4.69, 9.17) is 9.84 Å². The maximum Gasteiger partial charge on any atom is 0.0701 e. The largest absolute Gasteiger partial charge is 0.394 e. The highest BCUT2D eigenvalue weighted by atomic mass is 79.9. The molecule has 4 unspecified atom stereocenters. The number of hydrogen-bond acceptors (Lipinski definition) is 2. The van der Waals surface area contributed by atoms with Gasteiger partial charge in [-0.25, -0.2) is 0 Å². The molecule has 0 fully saturated rings. The fraction of sp³-hybridized carbons (Fsp3) is 1.00. The minimum absolute atomic E-state index is 0.0948. The Labute approximate surface area is 104 Å². The van der Waals surface area contributed by atoms with Crippen molar-refractivity contribution >= 4 is 31.9 Å². The van der Waals surface area contributed by atoms with E-state index in [1.165, 1.54) is 0 Å². The Morgan fingerprint density at radius 3 is 2.14 bits per heavy atom. The molecule has 0 saturated heterocycles. The van der Waals surface area contributed by atoms with E-state index in [2.05, 4.69) is 52.6 Å². The smallest absolute Gasteiger partial charge is 0.0701 e. The van der Waals surface area contributed by atoms with Crippen LogP contribution in [0.1, 0.15) is 27.2 Å². The molecule has 86 valence electrons. The van der Waals surface area contributed by atoms with Gasteiger partial charge in [-0.3, -0.25) is 0 Å². The highest BCUT2D eigenvalue weighted by molar-refractivity contribution is 9.09. The van der Waals surface area contributed by atoms with E-state index in [9.17, 15) is 0 Å². The monoisotopic (exact) mass is 330 g/mol. The predicted octanol–water partition coefficient (Wildman–Crippen LogP) is 2.96. The van der Waals surface area contributed by atoms with Gasteiger partial charge >= 0.3 is 0 Å². The maximum absolute atomic E-state index is 8.67. The first-order valence-electron chi connectivity index (χ1n) is 4.99. The van der Waals surface area contributed by atoms with Crippen LogP contribution in [0.25, 0.3) is 0 Å². The molecule has 0 aromatic heterocycles. The van der Waals surface area contributed by atoms with E-state index < -0.39 is 0 Å². The molecule has 0 saturated carbocycles. The molecule has 0 aromatic carbocycles. The third-order valence-corrected chi connectivity index (χ3v) is 3.31. The summed E-state index contributed by atoms with van der Waals surface area (Å²) in [5.41, 5.74) is 0. The number of alkyl halides is 2. The summed E-state index contributed by atoms with van der Waals surface area (Å²) >= 11 is 7.15. The molecule has 0 aromatic rings. The summed E-state index contributed by atoms with van der Waals surface area (Å²) in [5.74, 6) is 0.468. The molecular formula is C10H20Br2O2. The molecule has 0 radical (unpaired) electrons. The van der Waals surface area contributed by atoms with Gasteiger partial charge in [-0.15, -0.1) is 0 Å². The lowest BCUT2D eigenvalue weighted by molar-refractivity contribution is 0.00463. The number of rotatable bonds is 7. The zero-order chi connectivity index (χ0) is 11.1. The Morgan fingerprint density at radius 2 is 1.79 bits per heavy atom. The third kappa shape index (κ3) is 6.38. The van der Waals surface area contributed by atoms with Crippen LogP contribution in [-0.4, -0.2) is 34.1 Å². The lowest BCUT2D eigenvalue weighted by Gasteiger charge is -2.27. The van der Waals surface area contributed by atoms with E-state index >= 15 is 0 Å². The normalized spacial score (nSPS) is 20.1. The average molecular weight is 332 g/mol. The van der Waals surface area contributed by atoms with Crippen molar-refractivity contribution in [2.45, 2.75) is 43.0 Å². The summed E-state index contributed by atoms with van der Waals surface area (Å²) in [5, 5.41) is 8.67. The molecule has 0 bridgehead atoms. The first-order valence-corrected chi connectivity index (χ1v) is 6.82. The molecule has 0 rings (SSSR count). The summed E-state index contributed by atoms with van der Waals surface area (Å²) in [7, 11) is 0. The minimum Gasteiger partial charge on any atom is -0.394 e. The first-order chi connectivity index (χ1) is 6.49. The molecule has 0 amide bonds. The summed E-state index contributed by atoms with van der Waals surface area (Å²) in [6, 6.07) is 0. The quantitative estimate of drug-likeness (QED) is 0.727. The fourth-order valence-electron chi connectivity index (χ4n) is 1.49. The molecule has 4 atom stereocenters. The van der Waals surface area contributed by atoms with E-state index in [0.29, 0.717) is 22.2 Å². The second-order valence-electron chi connectivity index (χ2n) is 3.66. The van der Waals surface area contributed by atoms with Gasteiger partial charge in [0.1, 0.15) is 0 Å². The maximum atomic E-state index is 8.67. The Hall–Kier alpha value is 0.880. The van der Waals surface area contributed by atoms with Gasteiger partial charge in [0, 0.05) is 9.65 Å². The van der Waals surface area contributed by atoms with Crippen LogP contribution < -0.4 is 0 Å². The van der Waals surface area contributed by atoms with E-state index in [1.807, 2.05) is 0 Å². The molecule has 0 spiro atoms. The molecule has 14 heavy (non-hydrogen) atoms. The van der Waals surface area contributed by atoms with Gasteiger partial charge in [-0.05, 0) is 19.3 Å². The first kappa shape index (κ1) is 14.9. The van der Waals surface area contributed by atoms with E-state index in [-0.39, 0.29) is 12.7 Å². The number of ether oxygens (including phenoxy) is 1. The minimum atomic E-state index is 0.0948. The lowest BCUT2D eigenvalue weighted by Crippen LogP contribution is -2.29. The van der Waals surface area contributed by atoms with Crippen molar-refractivity contribution in [2.24, 2.45) is 5.92 Å². The van der Waals surface area contributed by atoms with Crippen LogP contribution in [0.4, 0.5) is 0 Å². The molecule has 4 heteroatoms. The number of halogens is 2. The highest BCUT2D eigenvalue weighted by Gasteiger charge is 2.23. The van der Waals surface area contributed by atoms with E-state index in [1.54, 1.807) is 0 Å². The van der Waals surface area contributed by atoms with Crippen LogP contribution in [-0.2, 0) is 4.74 Å². The highest BCUT2D eigenvalue weighted by Crippen LogP contribution is 2.26. The van der Waals surface area contributed by atoms with Gasteiger partial charge < -0.3 is 9.84 Å². The van der Waals surface area contributed by atoms with Crippen molar-refractivity contribution in [1.29, 1.82) is 0 Å². The van der Waals surface area contributed by atoms with Crippen LogP contribution >= 0.6 is 31.9 Å². The standard InChI is InChI=1S/C10H20Br2O2/c1-7(11)6-10(8(2)12)9(3)14-5-4-13/h7-10,13H,4-6H2,1-3H3. The molecule has 0 aliphatic rings. The Kier molecular flexibility index (Phi) is 8.59. The van der Waals surface area contributed by atoms with Crippen LogP contribution in [0, 0.1) is 5.92 Å². The third-order valence-electron chi connectivity index (χ3n) is 2.26. The van der Waals surface area contributed by atoms with Gasteiger partial charge in [0.05, 0.1) is 19.3 Å². The van der Waals surface area contributed by atoms with Crippen molar-refractivity contribution in [3.8, 4) is 0 Å². The topological polar surface area (TPSA) is 29.5 Å². The van der Waals surface area contributed by atoms with Crippen molar-refractivity contribution < 1.29 is 9.84 Å². The Balaban J connectivity index is 4.04. The van der Waals surface area contributed by atoms with Gasteiger partial charge in [-0.1, -0.05) is 45.7 Å². The molecule has 1 N–H and O–H groups in total. The number of aliphatic hydroxyl groups is 1. The Morgan fingerprint density at radius 1 is 1.21 bits per heavy atom. The summed E-state index contributed by atoms with van der Waals surface area (Å²) in [4.78, 5) is 0.920. The van der Waals surface area contributed by atoms with Crippen molar-refractivity contribution in [3.05, 3.63) is 0 Å². The fourth-order valence-corrected chi connectivity index (χ4v) is 2.57. The lowest BCUT2D eigenvalue weighted by atomic mass is 9.95. The zero-order valence-corrected chi connectivity index (χ0v) is 12.2. The van der Waals surface area contributed by atoms with Crippen LogP contribution in [0.5, 0.6) is 0 Å². The summed E-state index contributed by atoms with van der Waals surface area (Å²) in [6.45, 7) is 6.86. The van der Waals surface area contributed by atoms with Crippen LogP contribution in [0.2, 0.25) is 0 Å². The van der Waals surface area contributed by atoms with Crippen LogP contribution in [0.3, 0.4) is 0 Å². The van der Waals surface area contributed by atoms with Gasteiger partial charge in [0.25, 0.3) is 0 Å². The molecular weight excluding hydrogens is 312 g/mol. The average Bonchev–Trinajstić information content (AvgIpc) is 2.09. The SMILES string of the molecule is CC(Br)CC(C(C)Br)C(C)OCCO. The molecule has 2 nitrogen and oxygen atoms in total. The molecule has 0 aliphatic carbocycles. The van der Waals surface area contributed by atoms with Crippen molar-refractivity contribution in [1.82, 2.24) is 0 Å². The van der Waals surface area contributed by atoms with Gasteiger partial charge in [0.15, 0.2) is 0 Å². The summed E-state index contributed by atoms with van der Waals surface area (Å²) in [6.07, 6.45) is 1.25. The van der Waals surface area contributed by atoms with Crippen molar-refractivity contribution in [2.75, 3.05) is 13.2 Å². The van der Waals surface area contributed by atoms with Crippen molar-refractivity contribution in [3.63, 3.8) is 0 Å². The second kappa shape index (κ2) is 8.08. The van der Waals surface area contributed by atoms with Gasteiger partial charge in [-0.2, -0.15) is 0 Å². The molecule has 0 aliphatic heterocycles. The second-order valence-corrected chi connectivity index (χ2v) is 6.66. The predicted molar refractivity (Wildman–Crippen MR) is 67.4 cm³/mol. The summed E-state index contributed by atoms with van der Waals surface area (Å²) < 4.78 is 5.51. The molecule has 0 heterocycles. The Bertz CT molecular complexity index is 140. The number of hydrogen-bond donors (Lipinski definition) is 1. The number of aliphatic hydroxyl groups excluding tert-OH is 1. The van der Waals surface area contributed by atoms with E-state index in [0.717, 1.165) is 6.42 Å². The van der Waals surface area contributed by atoms with Crippen LogP contribution in [0.15, 0.2) is 0 Å². The van der Waals surface area contributed by atoms with Gasteiger partial charge in [0.2, 0.25) is 0 Å².